The van der Waals surface area contributed by atoms with Crippen LogP contribution in [-0.4, -0.2) is 29.1 Å². The monoisotopic (exact) mass is 322 g/mol. The van der Waals surface area contributed by atoms with Crippen molar-refractivity contribution in [3.63, 3.8) is 0 Å². The number of carboxylic acids is 1. The van der Waals surface area contributed by atoms with Crippen LogP contribution in [0.25, 0.3) is 10.8 Å². The number of benzene rings is 2. The zero-order chi connectivity index (χ0) is 17.1. The van der Waals surface area contributed by atoms with Gasteiger partial charge in [0.25, 0.3) is 5.56 Å². The largest absolute Gasteiger partial charge is 0.497 e. The lowest BCUT2D eigenvalue weighted by Gasteiger charge is -2.05. The Balaban J connectivity index is 2.08. The van der Waals surface area contributed by atoms with E-state index in [0.717, 1.165) is 10.2 Å². The van der Waals surface area contributed by atoms with E-state index in [4.69, 9.17) is 4.74 Å². The Kier molecular flexibility index (Phi) is 4.11. The summed E-state index contributed by atoms with van der Waals surface area (Å²) in [6.45, 7) is 0. The number of nitrogens with zero attached hydrogens (tertiary/aromatic N) is 2. The molecule has 3 rings (SSSR count). The molecule has 0 aliphatic carbocycles. The molecule has 1 aromatic heterocycles. The summed E-state index contributed by atoms with van der Waals surface area (Å²) in [5, 5.41) is 14.2. The van der Waals surface area contributed by atoms with Crippen molar-refractivity contribution in [1.29, 1.82) is 0 Å². The number of hydrogen-bond acceptors (Lipinski definition) is 4. The van der Waals surface area contributed by atoms with Gasteiger partial charge in [0.1, 0.15) is 5.75 Å². The van der Waals surface area contributed by atoms with Crippen LogP contribution >= 0.6 is 0 Å². The first-order chi connectivity index (χ1) is 11.6. The number of hydrogen-bond donors (Lipinski definition) is 1. The molecular formula is C18H14N2O4. The van der Waals surface area contributed by atoms with Gasteiger partial charge < -0.3 is 9.84 Å². The van der Waals surface area contributed by atoms with Gasteiger partial charge in [-0.05, 0) is 35.9 Å². The Bertz CT molecular complexity index is 988. The maximum atomic E-state index is 12.5. The number of rotatable bonds is 4. The smallest absolute Gasteiger partial charge is 0.337 e. The van der Waals surface area contributed by atoms with Crippen LogP contribution in [0.15, 0.2) is 64.6 Å². The Labute approximate surface area is 137 Å². The van der Waals surface area contributed by atoms with Gasteiger partial charge >= 0.3 is 5.97 Å². The summed E-state index contributed by atoms with van der Waals surface area (Å²) in [7, 11) is 1.57. The predicted molar refractivity (Wildman–Crippen MR) is 91.2 cm³/mol. The Morgan fingerprint density at radius 2 is 1.79 bits per heavy atom. The predicted octanol–water partition coefficient (Wildman–Crippen LogP) is 2.59. The van der Waals surface area contributed by atoms with Gasteiger partial charge in [-0.3, -0.25) is 4.79 Å². The minimum Gasteiger partial charge on any atom is -0.497 e. The van der Waals surface area contributed by atoms with E-state index < -0.39 is 5.97 Å². The summed E-state index contributed by atoms with van der Waals surface area (Å²) in [6, 6.07) is 13.7. The van der Waals surface area contributed by atoms with Crippen molar-refractivity contribution in [2.45, 2.75) is 0 Å². The molecule has 0 aliphatic rings. The summed E-state index contributed by atoms with van der Waals surface area (Å²) in [5.41, 5.74) is 0.408. The molecule has 2 aromatic carbocycles. The number of carbonyl (C=O) groups is 1. The van der Waals surface area contributed by atoms with Gasteiger partial charge in [0.15, 0.2) is 0 Å². The highest BCUT2D eigenvalue weighted by Crippen LogP contribution is 2.15. The average molecular weight is 322 g/mol. The van der Waals surface area contributed by atoms with Gasteiger partial charge in [-0.25, -0.2) is 9.47 Å². The fourth-order valence-electron chi connectivity index (χ4n) is 2.35. The van der Waals surface area contributed by atoms with Crippen LogP contribution in [0.1, 0.15) is 15.9 Å². The second kappa shape index (κ2) is 6.37. The summed E-state index contributed by atoms with van der Waals surface area (Å²) >= 11 is 0. The molecule has 1 N–H and O–H groups in total. The zero-order valence-electron chi connectivity index (χ0n) is 12.8. The highest BCUT2D eigenvalue weighted by molar-refractivity contribution is 6.03. The third-order valence-corrected chi connectivity index (χ3v) is 3.58. The number of methoxy groups -OCH3 is 1. The van der Waals surface area contributed by atoms with Gasteiger partial charge in [-0.15, -0.1) is 0 Å². The third kappa shape index (κ3) is 2.89. The van der Waals surface area contributed by atoms with Crippen LogP contribution < -0.4 is 10.3 Å². The standard InChI is InChI=1S/C18H14N2O4/c1-24-13-8-6-12(7-9-13)10-19-20-11-16(18(22)23)14-4-2-3-5-15(14)17(20)21/h2-11H,1H3,(H,22,23)/b19-10+. The molecule has 0 aliphatic heterocycles. The van der Waals surface area contributed by atoms with Gasteiger partial charge in [0.2, 0.25) is 0 Å². The molecule has 0 atom stereocenters. The van der Waals surface area contributed by atoms with Crippen molar-refractivity contribution >= 4 is 23.0 Å². The first-order valence-electron chi connectivity index (χ1n) is 7.16. The minimum absolute atomic E-state index is 0.0251. The highest BCUT2D eigenvalue weighted by Gasteiger charge is 2.13. The first-order valence-corrected chi connectivity index (χ1v) is 7.16. The second-order valence-electron chi connectivity index (χ2n) is 5.06. The van der Waals surface area contributed by atoms with Gasteiger partial charge in [0.05, 0.1) is 18.9 Å². The lowest BCUT2D eigenvalue weighted by atomic mass is 10.1. The lowest BCUT2D eigenvalue weighted by molar-refractivity contribution is 0.0698. The van der Waals surface area contributed by atoms with E-state index in [9.17, 15) is 14.7 Å². The number of fused-ring (bicyclic) bond motifs is 1. The van der Waals surface area contributed by atoms with Crippen LogP contribution in [-0.2, 0) is 0 Å². The van der Waals surface area contributed by atoms with E-state index in [2.05, 4.69) is 5.10 Å². The van der Waals surface area contributed by atoms with Crippen molar-refractivity contribution in [2.24, 2.45) is 5.10 Å². The number of aromatic nitrogens is 1. The van der Waals surface area contributed by atoms with Crippen molar-refractivity contribution in [3.8, 4) is 5.75 Å². The lowest BCUT2D eigenvalue weighted by Crippen LogP contribution is -2.19. The van der Waals surface area contributed by atoms with Crippen molar-refractivity contribution in [1.82, 2.24) is 4.68 Å². The molecule has 1 heterocycles. The van der Waals surface area contributed by atoms with E-state index in [1.54, 1.807) is 55.6 Å². The van der Waals surface area contributed by atoms with E-state index >= 15 is 0 Å². The van der Waals surface area contributed by atoms with Gasteiger partial charge in [-0.2, -0.15) is 5.10 Å². The number of pyridine rings is 1. The number of aromatic carboxylic acids is 1. The Morgan fingerprint density at radius 3 is 2.42 bits per heavy atom. The quantitative estimate of drug-likeness (QED) is 0.749. The molecule has 0 bridgehead atoms. The van der Waals surface area contributed by atoms with E-state index in [-0.39, 0.29) is 11.1 Å². The van der Waals surface area contributed by atoms with E-state index in [0.29, 0.717) is 16.5 Å². The van der Waals surface area contributed by atoms with Gasteiger partial charge in [-0.1, -0.05) is 18.2 Å². The van der Waals surface area contributed by atoms with Crippen LogP contribution in [0, 0.1) is 0 Å². The third-order valence-electron chi connectivity index (χ3n) is 3.58. The maximum absolute atomic E-state index is 12.5. The SMILES string of the molecule is COc1ccc(/C=N/n2cc(C(=O)O)c3ccccc3c2=O)cc1. The molecule has 0 spiro atoms. The number of ether oxygens (including phenoxy) is 1. The molecule has 0 fully saturated rings. The Hall–Kier alpha value is -3.41. The topological polar surface area (TPSA) is 80.9 Å². The Morgan fingerprint density at radius 1 is 1.12 bits per heavy atom. The van der Waals surface area contributed by atoms with Crippen LogP contribution in [0.5, 0.6) is 5.75 Å². The fourth-order valence-corrected chi connectivity index (χ4v) is 2.35. The second-order valence-corrected chi connectivity index (χ2v) is 5.06. The molecule has 0 saturated carbocycles. The average Bonchev–Trinajstić information content (AvgIpc) is 2.61. The molecule has 0 radical (unpaired) electrons. The first kappa shape index (κ1) is 15.5. The molecule has 0 saturated heterocycles. The molecule has 24 heavy (non-hydrogen) atoms. The molecular weight excluding hydrogens is 308 g/mol. The number of carboxylic acid groups (broad SMARTS) is 1. The summed E-state index contributed by atoms with van der Waals surface area (Å²) in [6.07, 6.45) is 2.72. The van der Waals surface area contributed by atoms with Gasteiger partial charge in [0, 0.05) is 17.0 Å². The summed E-state index contributed by atoms with van der Waals surface area (Å²) < 4.78 is 6.11. The molecule has 0 amide bonds. The minimum atomic E-state index is -1.11. The van der Waals surface area contributed by atoms with Crippen LogP contribution in [0.4, 0.5) is 0 Å². The van der Waals surface area contributed by atoms with Crippen molar-refractivity contribution in [2.75, 3.05) is 7.11 Å². The molecule has 6 nitrogen and oxygen atoms in total. The van der Waals surface area contributed by atoms with E-state index in [1.807, 2.05) is 0 Å². The summed E-state index contributed by atoms with van der Waals surface area (Å²) in [5.74, 6) is -0.400. The molecule has 0 unspecified atom stereocenters. The molecule has 6 heteroatoms. The highest BCUT2D eigenvalue weighted by atomic mass is 16.5. The van der Waals surface area contributed by atoms with Crippen molar-refractivity contribution in [3.05, 3.63) is 76.2 Å². The zero-order valence-corrected chi connectivity index (χ0v) is 12.8. The normalized spacial score (nSPS) is 11.0. The summed E-state index contributed by atoms with van der Waals surface area (Å²) in [4.78, 5) is 23.9. The van der Waals surface area contributed by atoms with Crippen molar-refractivity contribution < 1.29 is 14.6 Å². The molecule has 3 aromatic rings. The fraction of sp³-hybridized carbons (Fsp3) is 0.0556. The van der Waals surface area contributed by atoms with E-state index in [1.165, 1.54) is 12.4 Å². The maximum Gasteiger partial charge on any atom is 0.337 e. The van der Waals surface area contributed by atoms with Crippen LogP contribution in [0.3, 0.4) is 0 Å². The molecule has 120 valence electrons. The van der Waals surface area contributed by atoms with Crippen LogP contribution in [0.2, 0.25) is 0 Å².